The average molecular weight is 414 g/mol. The molecule has 1 aliphatic heterocycles. The number of hydrogen-bond acceptors (Lipinski definition) is 8. The first kappa shape index (κ1) is 19.2. The number of rotatable bonds is 4. The molecule has 1 aliphatic rings. The van der Waals surface area contributed by atoms with E-state index in [1.807, 2.05) is 0 Å². The van der Waals surface area contributed by atoms with Crippen molar-refractivity contribution < 1.29 is 18.3 Å². The third kappa shape index (κ3) is 3.38. The van der Waals surface area contributed by atoms with Crippen LogP contribution in [0.25, 0.3) is 17.2 Å². The smallest absolute Gasteiger partial charge is 0.259 e. The number of likely N-dealkylation sites (N-methyl/N-ethyl adjacent to an activating group) is 1. The summed E-state index contributed by atoms with van der Waals surface area (Å²) in [5, 5.41) is 14.7. The van der Waals surface area contributed by atoms with Gasteiger partial charge in [-0.3, -0.25) is 4.79 Å². The average Bonchev–Trinajstić information content (AvgIpc) is 3.30. The Morgan fingerprint density at radius 2 is 1.93 bits per heavy atom. The first-order valence-corrected chi connectivity index (χ1v) is 10.6. The molecule has 0 spiro atoms. The molecule has 3 aromatic rings. The summed E-state index contributed by atoms with van der Waals surface area (Å²) in [5.41, 5.74) is -0.426. The second-order valence-corrected chi connectivity index (χ2v) is 8.80. The summed E-state index contributed by atoms with van der Waals surface area (Å²) in [6.07, 6.45) is 5.68. The van der Waals surface area contributed by atoms with Crippen LogP contribution in [-0.4, -0.2) is 68.9 Å². The molecule has 4 rings (SSSR count). The normalized spacial score (nSPS) is 19.7. The van der Waals surface area contributed by atoms with Crippen molar-refractivity contribution in [3.05, 3.63) is 48.4 Å². The minimum Gasteiger partial charge on any atom is -0.375 e. The number of hydrogen-bond donors (Lipinski definition) is 1. The van der Waals surface area contributed by atoms with E-state index in [1.54, 1.807) is 37.5 Å². The number of likely N-dealkylation sites (tertiary alicyclic amines) is 1. The van der Waals surface area contributed by atoms with Gasteiger partial charge < -0.3 is 10.0 Å². The summed E-state index contributed by atoms with van der Waals surface area (Å²) in [5.74, 6) is 0.0590. The summed E-state index contributed by atoms with van der Waals surface area (Å²) < 4.78 is 24.8. The minimum absolute atomic E-state index is 0.283. The second-order valence-electron chi connectivity index (χ2n) is 6.89. The molecule has 4 heterocycles. The third-order valence-corrected chi connectivity index (χ3v) is 5.63. The fraction of sp³-hybridized carbons (Fsp3) is 0.278. The van der Waals surface area contributed by atoms with Crippen molar-refractivity contribution in [2.75, 3.05) is 19.8 Å². The van der Waals surface area contributed by atoms with Crippen LogP contribution in [0, 0.1) is 0 Å². The predicted molar refractivity (Wildman–Crippen MR) is 102 cm³/mol. The quantitative estimate of drug-likeness (QED) is 0.598. The van der Waals surface area contributed by atoms with Crippen molar-refractivity contribution in [2.24, 2.45) is 0 Å². The molecule has 0 saturated carbocycles. The molecule has 1 N–H and O–H groups in total. The van der Waals surface area contributed by atoms with Gasteiger partial charge >= 0.3 is 0 Å². The van der Waals surface area contributed by atoms with Crippen LogP contribution in [0.2, 0.25) is 0 Å². The largest absolute Gasteiger partial charge is 0.375 e. The van der Waals surface area contributed by atoms with Crippen LogP contribution < -0.4 is 0 Å². The van der Waals surface area contributed by atoms with E-state index in [0.717, 1.165) is 6.26 Å². The monoisotopic (exact) mass is 414 g/mol. The highest BCUT2D eigenvalue weighted by Gasteiger charge is 2.46. The molecular weight excluding hydrogens is 396 g/mol. The Morgan fingerprint density at radius 1 is 1.17 bits per heavy atom. The number of aliphatic hydroxyl groups is 1. The molecule has 3 aromatic heterocycles. The van der Waals surface area contributed by atoms with Crippen LogP contribution in [0.3, 0.4) is 0 Å². The van der Waals surface area contributed by atoms with E-state index in [9.17, 15) is 18.3 Å². The van der Waals surface area contributed by atoms with Gasteiger partial charge in [-0.05, 0) is 18.2 Å². The fourth-order valence-corrected chi connectivity index (χ4v) is 3.66. The van der Waals surface area contributed by atoms with Gasteiger partial charge in [0.2, 0.25) is 15.0 Å². The van der Waals surface area contributed by atoms with Crippen LogP contribution >= 0.6 is 0 Å². The zero-order valence-electron chi connectivity index (χ0n) is 15.7. The van der Waals surface area contributed by atoms with Gasteiger partial charge in [0.05, 0.1) is 17.6 Å². The van der Waals surface area contributed by atoms with Crippen LogP contribution in [-0.2, 0) is 20.2 Å². The molecule has 1 saturated heterocycles. The summed E-state index contributed by atoms with van der Waals surface area (Å²) in [4.78, 5) is 26.1. The fourth-order valence-electron chi connectivity index (χ4n) is 3.14. The highest BCUT2D eigenvalue weighted by atomic mass is 32.2. The van der Waals surface area contributed by atoms with E-state index < -0.39 is 15.4 Å². The van der Waals surface area contributed by atoms with Gasteiger partial charge in [-0.25, -0.2) is 28.1 Å². The zero-order chi connectivity index (χ0) is 20.8. The standard InChI is InChI=1S/C18H18N6O4S/c1-23-9-7-18(26,16(23)25)12-10-20-24(11-12)15-5-3-4-13(21-15)14-6-8-19-17(22-14)29(2,27)28/h3-6,8,10-11,26H,7,9H2,1-2H3/t18-/m0/s1. The van der Waals surface area contributed by atoms with Gasteiger partial charge in [0.15, 0.2) is 11.4 Å². The zero-order valence-corrected chi connectivity index (χ0v) is 16.5. The summed E-state index contributed by atoms with van der Waals surface area (Å²) in [7, 11) is -1.91. The highest BCUT2D eigenvalue weighted by molar-refractivity contribution is 7.90. The van der Waals surface area contributed by atoms with Crippen LogP contribution in [0.15, 0.2) is 48.0 Å². The Balaban J connectivity index is 1.69. The minimum atomic E-state index is -3.55. The lowest BCUT2D eigenvalue weighted by molar-refractivity contribution is -0.143. The molecule has 1 amide bonds. The maximum Gasteiger partial charge on any atom is 0.259 e. The van der Waals surface area contributed by atoms with Crippen molar-refractivity contribution in [3.63, 3.8) is 0 Å². The molecular formula is C18H18N6O4S. The molecule has 29 heavy (non-hydrogen) atoms. The van der Waals surface area contributed by atoms with E-state index >= 15 is 0 Å². The SMILES string of the molecule is CN1CC[C@](O)(c2cnn(-c3cccc(-c4ccnc(S(C)(=O)=O)n4)n3)c2)C1=O. The van der Waals surface area contributed by atoms with Gasteiger partial charge in [-0.15, -0.1) is 0 Å². The van der Waals surface area contributed by atoms with Crippen molar-refractivity contribution >= 4 is 15.7 Å². The molecule has 0 bridgehead atoms. The summed E-state index contributed by atoms with van der Waals surface area (Å²) >= 11 is 0. The maximum absolute atomic E-state index is 12.3. The lowest BCUT2D eigenvalue weighted by Gasteiger charge is -2.18. The molecule has 0 aromatic carbocycles. The molecule has 11 heteroatoms. The van der Waals surface area contributed by atoms with Gasteiger partial charge in [0.25, 0.3) is 5.91 Å². The molecule has 0 aliphatic carbocycles. The lowest BCUT2D eigenvalue weighted by atomic mass is 9.95. The lowest BCUT2D eigenvalue weighted by Crippen LogP contribution is -2.35. The Kier molecular flexibility index (Phi) is 4.43. The second kappa shape index (κ2) is 6.71. The summed E-state index contributed by atoms with van der Waals surface area (Å²) in [6, 6.07) is 6.67. The van der Waals surface area contributed by atoms with Crippen molar-refractivity contribution in [1.29, 1.82) is 0 Å². The molecule has 150 valence electrons. The first-order chi connectivity index (χ1) is 13.7. The Hall–Kier alpha value is -3.18. The van der Waals surface area contributed by atoms with Gasteiger partial charge in [0.1, 0.15) is 0 Å². The molecule has 0 unspecified atom stereocenters. The molecule has 1 atom stereocenters. The Bertz CT molecular complexity index is 1210. The van der Waals surface area contributed by atoms with E-state index in [1.165, 1.54) is 22.0 Å². The number of pyridine rings is 1. The Labute approximate surface area is 166 Å². The van der Waals surface area contributed by atoms with E-state index in [4.69, 9.17) is 0 Å². The number of carbonyl (C=O) groups is 1. The van der Waals surface area contributed by atoms with Crippen molar-refractivity contribution in [2.45, 2.75) is 17.2 Å². The predicted octanol–water partition coefficient (Wildman–Crippen LogP) is 0.177. The van der Waals surface area contributed by atoms with E-state index in [0.29, 0.717) is 29.3 Å². The highest BCUT2D eigenvalue weighted by Crippen LogP contribution is 2.32. The van der Waals surface area contributed by atoms with Gasteiger partial charge in [-0.2, -0.15) is 5.10 Å². The number of amides is 1. The molecule has 10 nitrogen and oxygen atoms in total. The number of carbonyl (C=O) groups excluding carboxylic acids is 1. The van der Waals surface area contributed by atoms with Crippen LogP contribution in [0.4, 0.5) is 0 Å². The summed E-state index contributed by atoms with van der Waals surface area (Å²) in [6.45, 7) is 0.463. The van der Waals surface area contributed by atoms with E-state index in [-0.39, 0.29) is 17.5 Å². The topological polar surface area (TPSA) is 131 Å². The van der Waals surface area contributed by atoms with E-state index in [2.05, 4.69) is 20.1 Å². The van der Waals surface area contributed by atoms with Crippen LogP contribution in [0.5, 0.6) is 0 Å². The van der Waals surface area contributed by atoms with Gasteiger partial charge in [0, 0.05) is 44.2 Å². The third-order valence-electron chi connectivity index (χ3n) is 4.77. The molecule has 1 fully saturated rings. The number of aromatic nitrogens is 5. The Morgan fingerprint density at radius 3 is 2.62 bits per heavy atom. The molecule has 0 radical (unpaired) electrons. The number of sulfone groups is 1. The van der Waals surface area contributed by atoms with Gasteiger partial charge in [-0.1, -0.05) is 6.07 Å². The number of nitrogens with zero attached hydrogens (tertiary/aromatic N) is 6. The first-order valence-electron chi connectivity index (χ1n) is 8.72. The van der Waals surface area contributed by atoms with Crippen molar-refractivity contribution in [3.8, 4) is 17.2 Å². The van der Waals surface area contributed by atoms with Crippen LogP contribution in [0.1, 0.15) is 12.0 Å². The maximum atomic E-state index is 12.3. The van der Waals surface area contributed by atoms with Crippen molar-refractivity contribution in [1.82, 2.24) is 29.6 Å².